The van der Waals surface area contributed by atoms with E-state index in [9.17, 15) is 5.11 Å². The molecule has 0 spiro atoms. The number of nitrogens with zero attached hydrogens (tertiary/aromatic N) is 3. The molecule has 1 saturated carbocycles. The topological polar surface area (TPSA) is 86.7 Å². The lowest BCUT2D eigenvalue weighted by Gasteiger charge is -2.15. The number of H-pyrrole nitrogens is 1. The monoisotopic (exact) mass is 301 g/mol. The molecule has 1 aliphatic carbocycles. The van der Waals surface area contributed by atoms with Crippen LogP contribution < -0.4 is 5.32 Å². The van der Waals surface area contributed by atoms with Gasteiger partial charge in [-0.2, -0.15) is 5.10 Å². The molecule has 0 aromatic carbocycles. The summed E-state index contributed by atoms with van der Waals surface area (Å²) >= 11 is 0. The molecule has 0 amide bonds. The Kier molecular flexibility index (Phi) is 4.49. The van der Waals surface area contributed by atoms with Crippen molar-refractivity contribution in [1.82, 2.24) is 25.5 Å². The van der Waals surface area contributed by atoms with Gasteiger partial charge < -0.3 is 10.4 Å². The molecule has 1 aliphatic rings. The molecule has 2 aromatic rings. The zero-order chi connectivity index (χ0) is 15.5. The van der Waals surface area contributed by atoms with Crippen molar-refractivity contribution in [3.8, 4) is 0 Å². The lowest BCUT2D eigenvalue weighted by molar-refractivity contribution is 0.131. The van der Waals surface area contributed by atoms with Crippen LogP contribution in [0.5, 0.6) is 0 Å². The highest BCUT2D eigenvalue weighted by Gasteiger charge is 2.35. The number of nitrogens with one attached hydrogen (secondary N) is 2. The summed E-state index contributed by atoms with van der Waals surface area (Å²) < 4.78 is 0. The first-order valence-corrected chi connectivity index (χ1v) is 7.80. The van der Waals surface area contributed by atoms with Gasteiger partial charge >= 0.3 is 0 Å². The van der Waals surface area contributed by atoms with Gasteiger partial charge in [-0.1, -0.05) is 0 Å². The molecule has 0 aliphatic heterocycles. The smallest absolute Gasteiger partial charge is 0.153 e. The van der Waals surface area contributed by atoms with E-state index >= 15 is 0 Å². The van der Waals surface area contributed by atoms with Crippen LogP contribution in [0.1, 0.15) is 41.5 Å². The molecule has 3 rings (SSSR count). The summed E-state index contributed by atoms with van der Waals surface area (Å²) in [5.74, 6) is 2.18. The van der Waals surface area contributed by atoms with E-state index in [0.717, 1.165) is 37.6 Å². The van der Waals surface area contributed by atoms with Gasteiger partial charge in [0.05, 0.1) is 6.10 Å². The number of rotatable bonds is 5. The summed E-state index contributed by atoms with van der Waals surface area (Å²) in [6.07, 6.45) is 5.09. The van der Waals surface area contributed by atoms with Crippen molar-refractivity contribution in [2.45, 2.75) is 45.3 Å². The second-order valence-corrected chi connectivity index (χ2v) is 6.21. The molecule has 22 heavy (non-hydrogen) atoms. The highest BCUT2D eigenvalue weighted by Crippen LogP contribution is 2.36. The minimum Gasteiger partial charge on any atom is -0.393 e. The molecule has 3 atom stereocenters. The molecular formula is C16H23N5O. The molecule has 2 aromatic heterocycles. The quantitative estimate of drug-likeness (QED) is 0.778. The number of hydrogen-bond acceptors (Lipinski definition) is 5. The first-order valence-electron chi connectivity index (χ1n) is 7.80. The molecule has 0 bridgehead atoms. The summed E-state index contributed by atoms with van der Waals surface area (Å²) in [6.45, 7) is 5.58. The van der Waals surface area contributed by atoms with Gasteiger partial charge in [0.1, 0.15) is 5.82 Å². The Morgan fingerprint density at radius 2 is 2.23 bits per heavy atom. The number of pyridine rings is 1. The van der Waals surface area contributed by atoms with Crippen LogP contribution in [0.25, 0.3) is 0 Å². The molecular weight excluding hydrogens is 278 g/mol. The van der Waals surface area contributed by atoms with Crippen molar-refractivity contribution >= 4 is 0 Å². The molecule has 6 nitrogen and oxygen atoms in total. The van der Waals surface area contributed by atoms with Crippen LogP contribution in [-0.4, -0.2) is 37.9 Å². The predicted octanol–water partition coefficient (Wildman–Crippen LogP) is 1.46. The molecule has 0 saturated heterocycles. The van der Waals surface area contributed by atoms with E-state index in [2.05, 4.69) is 32.4 Å². The maximum Gasteiger partial charge on any atom is 0.153 e. The predicted molar refractivity (Wildman–Crippen MR) is 83.3 cm³/mol. The zero-order valence-electron chi connectivity index (χ0n) is 13.1. The number of aliphatic hydroxyl groups excluding tert-OH is 1. The van der Waals surface area contributed by atoms with E-state index in [1.807, 2.05) is 25.4 Å². The van der Waals surface area contributed by atoms with Crippen molar-refractivity contribution in [1.29, 1.82) is 0 Å². The standard InChI is InChI=1S/C16H23N5O/c1-10-7-17-4-3-12(10)8-18-9-14-5-13(6-15(14)22)16-19-11(2)20-21-16/h3-4,7,13-15,18,22H,5-6,8-9H2,1-2H3,(H,19,20,21)/t13-,14+,15+/m0/s1. The Morgan fingerprint density at radius 1 is 1.36 bits per heavy atom. The third-order valence-corrected chi connectivity index (χ3v) is 4.50. The van der Waals surface area contributed by atoms with Gasteiger partial charge in [0, 0.05) is 31.4 Å². The molecule has 0 radical (unpaired) electrons. The van der Waals surface area contributed by atoms with Crippen LogP contribution in [0.4, 0.5) is 0 Å². The van der Waals surface area contributed by atoms with Gasteiger partial charge in [0.2, 0.25) is 0 Å². The SMILES string of the molecule is Cc1nc([C@H]2C[C@H](CNCc3ccncc3C)[C@H](O)C2)n[nH]1. The van der Waals surface area contributed by atoms with Crippen molar-refractivity contribution < 1.29 is 5.11 Å². The fourth-order valence-electron chi connectivity index (χ4n) is 3.17. The summed E-state index contributed by atoms with van der Waals surface area (Å²) in [5, 5.41) is 20.8. The number of aromatic amines is 1. The summed E-state index contributed by atoms with van der Waals surface area (Å²) in [6, 6.07) is 2.03. The Labute approximate surface area is 130 Å². The Hall–Kier alpha value is -1.79. The molecule has 3 N–H and O–H groups in total. The van der Waals surface area contributed by atoms with Crippen LogP contribution in [0.3, 0.4) is 0 Å². The van der Waals surface area contributed by atoms with Crippen LogP contribution in [0, 0.1) is 19.8 Å². The van der Waals surface area contributed by atoms with Crippen LogP contribution >= 0.6 is 0 Å². The Morgan fingerprint density at radius 3 is 2.95 bits per heavy atom. The second-order valence-electron chi connectivity index (χ2n) is 6.21. The van der Waals surface area contributed by atoms with Gasteiger partial charge in [0.25, 0.3) is 0 Å². The highest BCUT2D eigenvalue weighted by atomic mass is 16.3. The number of hydrogen-bond donors (Lipinski definition) is 3. The van der Waals surface area contributed by atoms with E-state index in [1.165, 1.54) is 11.1 Å². The van der Waals surface area contributed by atoms with Crippen LogP contribution in [0.15, 0.2) is 18.5 Å². The fraction of sp³-hybridized carbons (Fsp3) is 0.562. The summed E-state index contributed by atoms with van der Waals surface area (Å²) in [7, 11) is 0. The lowest BCUT2D eigenvalue weighted by atomic mass is 10.0. The van der Waals surface area contributed by atoms with Gasteiger partial charge in [-0.05, 0) is 49.8 Å². The number of aryl methyl sites for hydroxylation is 2. The highest BCUT2D eigenvalue weighted by molar-refractivity contribution is 5.21. The van der Waals surface area contributed by atoms with E-state index in [-0.39, 0.29) is 17.9 Å². The van der Waals surface area contributed by atoms with E-state index < -0.39 is 0 Å². The Balaban J connectivity index is 1.52. The Bertz CT molecular complexity index is 627. The zero-order valence-corrected chi connectivity index (χ0v) is 13.1. The van der Waals surface area contributed by atoms with E-state index in [4.69, 9.17) is 0 Å². The fourth-order valence-corrected chi connectivity index (χ4v) is 3.17. The maximum absolute atomic E-state index is 10.3. The third kappa shape index (κ3) is 3.34. The van der Waals surface area contributed by atoms with E-state index in [1.54, 1.807) is 0 Å². The first kappa shape index (κ1) is 15.1. The van der Waals surface area contributed by atoms with Crippen LogP contribution in [0.2, 0.25) is 0 Å². The van der Waals surface area contributed by atoms with Crippen molar-refractivity contribution in [2.75, 3.05) is 6.54 Å². The third-order valence-electron chi connectivity index (χ3n) is 4.50. The maximum atomic E-state index is 10.3. The molecule has 1 fully saturated rings. The molecule has 118 valence electrons. The summed E-state index contributed by atoms with van der Waals surface area (Å²) in [4.78, 5) is 8.50. The average Bonchev–Trinajstić information content (AvgIpc) is 3.08. The van der Waals surface area contributed by atoms with Crippen molar-refractivity contribution in [3.05, 3.63) is 41.2 Å². The summed E-state index contributed by atoms with van der Waals surface area (Å²) in [5.41, 5.74) is 2.44. The van der Waals surface area contributed by atoms with Gasteiger partial charge in [-0.3, -0.25) is 10.1 Å². The number of aromatic nitrogens is 4. The van der Waals surface area contributed by atoms with Gasteiger partial charge in [-0.15, -0.1) is 0 Å². The molecule has 2 heterocycles. The minimum absolute atomic E-state index is 0.256. The van der Waals surface area contributed by atoms with Gasteiger partial charge in [-0.25, -0.2) is 4.98 Å². The number of aliphatic hydroxyl groups is 1. The first-order chi connectivity index (χ1) is 10.6. The minimum atomic E-state index is -0.283. The average molecular weight is 301 g/mol. The van der Waals surface area contributed by atoms with Crippen molar-refractivity contribution in [2.24, 2.45) is 5.92 Å². The van der Waals surface area contributed by atoms with Crippen molar-refractivity contribution in [3.63, 3.8) is 0 Å². The largest absolute Gasteiger partial charge is 0.393 e. The normalized spacial score (nSPS) is 24.8. The molecule has 0 unspecified atom stereocenters. The van der Waals surface area contributed by atoms with Crippen LogP contribution in [-0.2, 0) is 6.54 Å². The van der Waals surface area contributed by atoms with Gasteiger partial charge in [0.15, 0.2) is 5.82 Å². The second kappa shape index (κ2) is 6.54. The van der Waals surface area contributed by atoms with E-state index in [0.29, 0.717) is 0 Å². The molecule has 6 heteroatoms. The lowest BCUT2D eigenvalue weighted by Crippen LogP contribution is -2.27.